The second kappa shape index (κ2) is 19.1. The van der Waals surface area contributed by atoms with Crippen molar-refractivity contribution in [2.45, 2.75) is 81.6 Å². The van der Waals surface area contributed by atoms with E-state index in [4.69, 9.17) is 14.7 Å². The van der Waals surface area contributed by atoms with E-state index in [1.165, 1.54) is 11.8 Å². The van der Waals surface area contributed by atoms with Crippen LogP contribution >= 0.6 is 11.8 Å². The van der Waals surface area contributed by atoms with Crippen LogP contribution in [0.15, 0.2) is 96.2 Å². The largest absolute Gasteiger partial charge is 0.478 e. The maximum Gasteiger partial charge on any atom is 0.338 e. The van der Waals surface area contributed by atoms with Gasteiger partial charge in [0.25, 0.3) is 0 Å². The molecule has 3 atom stereocenters. The molecule has 11 nitrogen and oxygen atoms in total. The molecule has 3 unspecified atom stereocenters. The molecule has 0 bridgehead atoms. The van der Waals surface area contributed by atoms with Crippen molar-refractivity contribution in [2.24, 2.45) is 0 Å². The van der Waals surface area contributed by atoms with Crippen molar-refractivity contribution in [3.05, 3.63) is 119 Å². The van der Waals surface area contributed by atoms with Crippen LogP contribution in [0.2, 0.25) is 0 Å². The summed E-state index contributed by atoms with van der Waals surface area (Å²) in [5.74, 6) is -0.985. The molecule has 2 amide bonds. The van der Waals surface area contributed by atoms with Crippen LogP contribution in [0.1, 0.15) is 90.0 Å². The number of nitrogens with zero attached hydrogens (tertiary/aromatic N) is 1. The number of benzene rings is 3. The number of hydrogen-bond donors (Lipinski definition) is 5. The molecular formula is C39H43N3O8S. The number of nitrogens with one attached hydrogen (secondary N) is 2. The summed E-state index contributed by atoms with van der Waals surface area (Å²) in [6, 6.07) is 26.8. The molecule has 1 aliphatic rings. The Hall–Kier alpha value is -4.59. The number of pyridine rings is 1. The Morgan fingerprint density at radius 1 is 0.804 bits per heavy atom. The monoisotopic (exact) mass is 713 g/mol. The predicted molar refractivity (Wildman–Crippen MR) is 192 cm³/mol. The van der Waals surface area contributed by atoms with Crippen LogP contribution in [0.25, 0.3) is 11.1 Å². The van der Waals surface area contributed by atoms with Gasteiger partial charge in [-0.3, -0.25) is 14.8 Å². The highest BCUT2D eigenvalue weighted by molar-refractivity contribution is 7.99. The van der Waals surface area contributed by atoms with E-state index in [0.717, 1.165) is 52.6 Å². The summed E-state index contributed by atoms with van der Waals surface area (Å²) in [5, 5.41) is 31.2. The minimum atomic E-state index is -1.03. The summed E-state index contributed by atoms with van der Waals surface area (Å²) < 4.78 is 13.1. The molecule has 5 N–H and O–H groups in total. The number of carbonyl (C=O) groups excluding carboxylic acids is 2. The van der Waals surface area contributed by atoms with Crippen molar-refractivity contribution in [2.75, 3.05) is 5.75 Å². The van der Waals surface area contributed by atoms with Gasteiger partial charge in [0.2, 0.25) is 11.8 Å². The van der Waals surface area contributed by atoms with Gasteiger partial charge in [0.1, 0.15) is 5.03 Å². The topological polar surface area (TPSA) is 167 Å². The first-order valence-corrected chi connectivity index (χ1v) is 18.0. The molecule has 51 heavy (non-hydrogen) atoms. The summed E-state index contributed by atoms with van der Waals surface area (Å²) >= 11 is 1.34. The summed E-state index contributed by atoms with van der Waals surface area (Å²) in [6.07, 6.45) is 4.59. The van der Waals surface area contributed by atoms with Crippen molar-refractivity contribution < 1.29 is 39.3 Å². The maximum atomic E-state index is 12.5. The fourth-order valence-corrected chi connectivity index (χ4v) is 6.86. The number of aromatic nitrogens is 1. The van der Waals surface area contributed by atoms with E-state index in [9.17, 15) is 24.6 Å². The number of thioether (sulfide) groups is 1. The number of aliphatic hydroxyl groups excluding tert-OH is 1. The highest BCUT2D eigenvalue weighted by atomic mass is 32.2. The van der Waals surface area contributed by atoms with Crippen LogP contribution < -0.4 is 10.8 Å². The van der Waals surface area contributed by atoms with Crippen molar-refractivity contribution in [3.63, 3.8) is 0 Å². The molecule has 0 radical (unpaired) electrons. The Bertz CT molecular complexity index is 1770. The molecule has 2 heterocycles. The van der Waals surface area contributed by atoms with E-state index < -0.39 is 18.2 Å². The number of hydroxylamine groups is 1. The fraction of sp³-hybridized carbons (Fsp3) is 0.333. The number of unbranched alkanes of at least 4 members (excludes halogenated alkanes) is 3. The summed E-state index contributed by atoms with van der Waals surface area (Å²) in [4.78, 5) is 39.6. The lowest BCUT2D eigenvalue weighted by Gasteiger charge is -2.36. The zero-order valence-electron chi connectivity index (χ0n) is 28.2. The second-order valence-electron chi connectivity index (χ2n) is 12.4. The number of aromatic carboxylic acids is 1. The standard InChI is InChI=1S/C39H43N3O8S/c43-24-26-15-17-28(18-16-26)34-22-32(25-51-37-33(38(46)47)12-7-19-40-37)49-39(50-34)31-11-6-10-30(21-31)29-9-5-8-27(20-29)23-41-35(44)13-3-1-2-4-14-36(45)42-48/h5-12,15-21,32,34,39,43,48H,1-4,13-14,22-25H2,(H,41,44)(H,42,45)(H,46,47). The first-order chi connectivity index (χ1) is 24.8. The fourth-order valence-electron chi connectivity index (χ4n) is 5.86. The van der Waals surface area contributed by atoms with Crippen molar-refractivity contribution >= 4 is 29.5 Å². The number of amides is 2. The molecular weight excluding hydrogens is 671 g/mol. The van der Waals surface area contributed by atoms with Gasteiger partial charge in [0, 0.05) is 43.3 Å². The number of carboxylic acid groups (broad SMARTS) is 1. The van der Waals surface area contributed by atoms with E-state index in [1.54, 1.807) is 23.8 Å². The van der Waals surface area contributed by atoms with Gasteiger partial charge in [-0.2, -0.15) is 0 Å². The van der Waals surface area contributed by atoms with E-state index in [-0.39, 0.29) is 36.7 Å². The van der Waals surface area contributed by atoms with Crippen LogP contribution in [0, 0.1) is 0 Å². The van der Waals surface area contributed by atoms with E-state index >= 15 is 0 Å². The molecule has 1 aromatic heterocycles. The van der Waals surface area contributed by atoms with Crippen LogP contribution in [0.5, 0.6) is 0 Å². The smallest absolute Gasteiger partial charge is 0.338 e. The molecule has 3 aromatic carbocycles. The van der Waals surface area contributed by atoms with Gasteiger partial charge in [-0.1, -0.05) is 73.5 Å². The lowest BCUT2D eigenvalue weighted by Crippen LogP contribution is -2.31. The molecule has 4 aromatic rings. The molecule has 1 fully saturated rings. The average molecular weight is 714 g/mol. The molecule has 5 rings (SSSR count). The third kappa shape index (κ3) is 11.2. The summed E-state index contributed by atoms with van der Waals surface area (Å²) in [6.45, 7) is 0.345. The minimum Gasteiger partial charge on any atom is -0.478 e. The third-order valence-electron chi connectivity index (χ3n) is 8.61. The number of carbonyl (C=O) groups is 3. The van der Waals surface area contributed by atoms with E-state index in [2.05, 4.69) is 10.3 Å². The Kier molecular flexibility index (Phi) is 14.1. The van der Waals surface area contributed by atoms with Gasteiger partial charge in [-0.25, -0.2) is 15.3 Å². The average Bonchev–Trinajstić information content (AvgIpc) is 3.17. The Labute approximate surface area is 301 Å². The summed E-state index contributed by atoms with van der Waals surface area (Å²) in [7, 11) is 0. The van der Waals surface area contributed by atoms with Gasteiger partial charge in [0.05, 0.1) is 24.4 Å². The number of aliphatic hydroxyl groups is 1. The first kappa shape index (κ1) is 37.7. The Balaban J connectivity index is 1.24. The van der Waals surface area contributed by atoms with Gasteiger partial charge < -0.3 is 25.0 Å². The highest BCUT2D eigenvalue weighted by Crippen LogP contribution is 2.40. The quantitative estimate of drug-likeness (QED) is 0.0342. The lowest BCUT2D eigenvalue weighted by atomic mass is 9.99. The van der Waals surface area contributed by atoms with Gasteiger partial charge in [-0.15, -0.1) is 11.8 Å². The Morgan fingerprint density at radius 3 is 2.25 bits per heavy atom. The molecule has 0 aliphatic carbocycles. The van der Waals surface area contributed by atoms with Crippen molar-refractivity contribution in [1.82, 2.24) is 15.8 Å². The third-order valence-corrected chi connectivity index (χ3v) is 9.75. The van der Waals surface area contributed by atoms with Crippen molar-refractivity contribution in [3.8, 4) is 11.1 Å². The highest BCUT2D eigenvalue weighted by Gasteiger charge is 2.33. The first-order valence-electron chi connectivity index (χ1n) is 17.0. The van der Waals surface area contributed by atoms with E-state index in [1.807, 2.05) is 72.8 Å². The lowest BCUT2D eigenvalue weighted by molar-refractivity contribution is -0.245. The molecule has 12 heteroatoms. The number of hydrogen-bond acceptors (Lipinski definition) is 9. The molecule has 268 valence electrons. The van der Waals surface area contributed by atoms with E-state index in [0.29, 0.717) is 36.6 Å². The zero-order valence-corrected chi connectivity index (χ0v) is 29.0. The normalized spacial score (nSPS) is 17.1. The molecule has 1 saturated heterocycles. The molecule has 1 aliphatic heterocycles. The molecule has 0 spiro atoms. The number of ether oxygens (including phenoxy) is 2. The summed E-state index contributed by atoms with van der Waals surface area (Å²) in [5.41, 5.74) is 7.27. The van der Waals surface area contributed by atoms with Crippen LogP contribution in [-0.4, -0.2) is 50.0 Å². The van der Waals surface area contributed by atoms with Crippen LogP contribution in [0.4, 0.5) is 0 Å². The van der Waals surface area contributed by atoms with Crippen LogP contribution in [0.3, 0.4) is 0 Å². The zero-order chi connectivity index (χ0) is 36.0. The Morgan fingerprint density at radius 2 is 1.53 bits per heavy atom. The maximum absolute atomic E-state index is 12.5. The number of carboxylic acids is 1. The van der Waals surface area contributed by atoms with Crippen molar-refractivity contribution in [1.29, 1.82) is 0 Å². The minimum absolute atomic E-state index is 0.0300. The van der Waals surface area contributed by atoms with Gasteiger partial charge >= 0.3 is 5.97 Å². The number of rotatable bonds is 17. The van der Waals surface area contributed by atoms with Gasteiger partial charge in [-0.05, 0) is 64.9 Å². The SMILES string of the molecule is O=C(CCCCCCC(=O)NCc1cccc(-c2cccc(C3OC(CSc4ncccc4C(=O)O)CC(c4ccc(CO)cc4)O3)c2)c1)NO. The van der Waals surface area contributed by atoms with Crippen LogP contribution in [-0.2, 0) is 32.2 Å². The molecule has 0 saturated carbocycles. The predicted octanol–water partition coefficient (Wildman–Crippen LogP) is 6.74. The van der Waals surface area contributed by atoms with Gasteiger partial charge in [0.15, 0.2) is 6.29 Å². The second-order valence-corrected chi connectivity index (χ2v) is 13.4.